The van der Waals surface area contributed by atoms with Crippen molar-refractivity contribution in [3.05, 3.63) is 59.7 Å². The van der Waals surface area contributed by atoms with E-state index in [2.05, 4.69) is 21.6 Å². The van der Waals surface area contributed by atoms with E-state index in [1.165, 1.54) is 0 Å². The second-order valence-corrected chi connectivity index (χ2v) is 6.93. The number of aliphatic hydroxyl groups is 1. The molecule has 1 aliphatic heterocycles. The summed E-state index contributed by atoms with van der Waals surface area (Å²) in [6.45, 7) is 2.74. The number of nitriles is 1. The van der Waals surface area contributed by atoms with E-state index in [0.29, 0.717) is 18.0 Å². The van der Waals surface area contributed by atoms with Crippen molar-refractivity contribution in [1.82, 2.24) is 9.55 Å². The number of para-hydroxylation sites is 2. The van der Waals surface area contributed by atoms with Gasteiger partial charge in [0.15, 0.2) is 0 Å². The molecule has 0 bridgehead atoms. The molecule has 0 spiro atoms. The van der Waals surface area contributed by atoms with E-state index in [4.69, 9.17) is 10.2 Å². The average molecular weight is 346 g/mol. The third-order valence-corrected chi connectivity index (χ3v) is 5.12. The Morgan fingerprint density at radius 2 is 1.96 bits per heavy atom. The summed E-state index contributed by atoms with van der Waals surface area (Å²) in [6, 6.07) is 18.1. The van der Waals surface area contributed by atoms with Crippen molar-refractivity contribution < 1.29 is 5.11 Å². The summed E-state index contributed by atoms with van der Waals surface area (Å²) in [4.78, 5) is 7.19. The van der Waals surface area contributed by atoms with E-state index in [1.807, 2.05) is 42.5 Å². The number of piperidine rings is 1. The van der Waals surface area contributed by atoms with Crippen LogP contribution in [0.15, 0.2) is 48.5 Å². The number of fused-ring (bicyclic) bond motifs is 1. The second-order valence-electron chi connectivity index (χ2n) is 6.93. The third-order valence-electron chi connectivity index (χ3n) is 5.12. The molecule has 1 aliphatic rings. The zero-order valence-corrected chi connectivity index (χ0v) is 14.7. The van der Waals surface area contributed by atoms with Gasteiger partial charge in [-0.1, -0.05) is 24.3 Å². The van der Waals surface area contributed by atoms with Crippen LogP contribution in [0.5, 0.6) is 0 Å². The van der Waals surface area contributed by atoms with Crippen molar-refractivity contribution in [3.63, 3.8) is 0 Å². The molecule has 5 heteroatoms. The SMILES string of the molecule is N#Cc1ccc(Cn2c(N3CCCC(CO)C3)nc3ccccc32)cc1. The fourth-order valence-electron chi connectivity index (χ4n) is 3.72. The number of nitrogens with zero attached hydrogens (tertiary/aromatic N) is 4. The first-order valence-electron chi connectivity index (χ1n) is 9.08. The fourth-order valence-corrected chi connectivity index (χ4v) is 3.72. The van der Waals surface area contributed by atoms with Crippen LogP contribution in [0.3, 0.4) is 0 Å². The Hall–Kier alpha value is -2.84. The quantitative estimate of drug-likeness (QED) is 0.788. The lowest BCUT2D eigenvalue weighted by Gasteiger charge is -2.33. The number of hydrogen-bond donors (Lipinski definition) is 1. The number of benzene rings is 2. The fraction of sp³-hybridized carbons (Fsp3) is 0.333. The Labute approximate surface area is 153 Å². The van der Waals surface area contributed by atoms with Crippen molar-refractivity contribution in [1.29, 1.82) is 5.26 Å². The number of imidazole rings is 1. The van der Waals surface area contributed by atoms with Crippen molar-refractivity contribution >= 4 is 17.0 Å². The summed E-state index contributed by atoms with van der Waals surface area (Å²) in [5.41, 5.74) is 3.91. The molecule has 0 saturated carbocycles. The molecule has 1 N–H and O–H groups in total. The maximum absolute atomic E-state index is 9.57. The van der Waals surface area contributed by atoms with E-state index in [9.17, 15) is 5.11 Å². The lowest BCUT2D eigenvalue weighted by atomic mass is 9.99. The topological polar surface area (TPSA) is 65.1 Å². The third kappa shape index (κ3) is 3.16. The molecule has 2 aromatic carbocycles. The normalized spacial score (nSPS) is 17.4. The van der Waals surface area contributed by atoms with Crippen LogP contribution in [0.1, 0.15) is 24.0 Å². The predicted octanol–water partition coefficient (Wildman–Crippen LogP) is 3.16. The number of aromatic nitrogens is 2. The molecule has 26 heavy (non-hydrogen) atoms. The number of anilines is 1. The molecule has 2 heterocycles. The zero-order chi connectivity index (χ0) is 17.9. The van der Waals surface area contributed by atoms with Gasteiger partial charge in [-0.15, -0.1) is 0 Å². The summed E-state index contributed by atoms with van der Waals surface area (Å²) in [6.07, 6.45) is 2.15. The van der Waals surface area contributed by atoms with Gasteiger partial charge in [0, 0.05) is 19.7 Å². The van der Waals surface area contributed by atoms with Crippen LogP contribution in [-0.4, -0.2) is 34.4 Å². The molecule has 1 unspecified atom stereocenters. The predicted molar refractivity (Wildman–Crippen MR) is 102 cm³/mol. The zero-order valence-electron chi connectivity index (χ0n) is 14.7. The van der Waals surface area contributed by atoms with Crippen LogP contribution in [0.2, 0.25) is 0 Å². The molecule has 1 aromatic heterocycles. The van der Waals surface area contributed by atoms with Crippen LogP contribution in [-0.2, 0) is 6.54 Å². The number of rotatable bonds is 4. The molecule has 5 nitrogen and oxygen atoms in total. The Morgan fingerprint density at radius 1 is 1.15 bits per heavy atom. The highest BCUT2D eigenvalue weighted by molar-refractivity contribution is 5.79. The summed E-state index contributed by atoms with van der Waals surface area (Å²) < 4.78 is 2.25. The highest BCUT2D eigenvalue weighted by Gasteiger charge is 2.24. The summed E-state index contributed by atoms with van der Waals surface area (Å²) in [7, 11) is 0. The monoisotopic (exact) mass is 346 g/mol. The van der Waals surface area contributed by atoms with E-state index in [-0.39, 0.29) is 6.61 Å². The molecule has 0 radical (unpaired) electrons. The van der Waals surface area contributed by atoms with E-state index < -0.39 is 0 Å². The standard InChI is InChI=1S/C21H22N4O/c22-12-16-7-9-17(10-8-16)14-25-20-6-2-1-5-19(20)23-21(25)24-11-3-4-18(13-24)15-26/h1-2,5-10,18,26H,3-4,11,13-15H2. The van der Waals surface area contributed by atoms with E-state index >= 15 is 0 Å². The van der Waals surface area contributed by atoms with Crippen molar-refractivity contribution in [3.8, 4) is 6.07 Å². The maximum atomic E-state index is 9.57. The maximum Gasteiger partial charge on any atom is 0.206 e. The molecule has 1 atom stereocenters. The van der Waals surface area contributed by atoms with Crippen LogP contribution in [0.4, 0.5) is 5.95 Å². The summed E-state index contributed by atoms with van der Waals surface area (Å²) in [5.74, 6) is 1.28. The van der Waals surface area contributed by atoms with E-state index in [0.717, 1.165) is 48.5 Å². The van der Waals surface area contributed by atoms with Gasteiger partial charge in [0.05, 0.1) is 29.2 Å². The number of aliphatic hydroxyl groups excluding tert-OH is 1. The highest BCUT2D eigenvalue weighted by Crippen LogP contribution is 2.27. The Balaban J connectivity index is 1.72. The van der Waals surface area contributed by atoms with Gasteiger partial charge in [0.25, 0.3) is 0 Å². The molecule has 1 saturated heterocycles. The minimum atomic E-state index is 0.229. The Morgan fingerprint density at radius 3 is 2.73 bits per heavy atom. The molecule has 0 amide bonds. The average Bonchev–Trinajstić information content (AvgIpc) is 3.07. The molecular weight excluding hydrogens is 324 g/mol. The smallest absolute Gasteiger partial charge is 0.206 e. The number of hydrogen-bond acceptors (Lipinski definition) is 4. The van der Waals surface area contributed by atoms with Gasteiger partial charge in [-0.3, -0.25) is 0 Å². The largest absolute Gasteiger partial charge is 0.396 e. The second kappa shape index (κ2) is 7.19. The first kappa shape index (κ1) is 16.6. The molecule has 3 aromatic rings. The van der Waals surface area contributed by atoms with Gasteiger partial charge in [0.2, 0.25) is 5.95 Å². The van der Waals surface area contributed by atoms with E-state index in [1.54, 1.807) is 0 Å². The lowest BCUT2D eigenvalue weighted by molar-refractivity contribution is 0.208. The Kier molecular flexibility index (Phi) is 4.59. The van der Waals surface area contributed by atoms with Crippen molar-refractivity contribution in [2.75, 3.05) is 24.6 Å². The van der Waals surface area contributed by atoms with Gasteiger partial charge >= 0.3 is 0 Å². The molecule has 1 fully saturated rings. The minimum absolute atomic E-state index is 0.229. The van der Waals surface area contributed by atoms with Gasteiger partial charge < -0.3 is 14.6 Å². The van der Waals surface area contributed by atoms with Crippen molar-refractivity contribution in [2.24, 2.45) is 5.92 Å². The lowest BCUT2D eigenvalue weighted by Crippen LogP contribution is -2.38. The first-order chi connectivity index (χ1) is 12.8. The van der Waals surface area contributed by atoms with Crippen molar-refractivity contribution in [2.45, 2.75) is 19.4 Å². The Bertz CT molecular complexity index is 939. The van der Waals surface area contributed by atoms with Crippen LogP contribution < -0.4 is 4.90 Å². The summed E-state index contributed by atoms with van der Waals surface area (Å²) >= 11 is 0. The highest BCUT2D eigenvalue weighted by atomic mass is 16.3. The van der Waals surface area contributed by atoms with Gasteiger partial charge in [0.1, 0.15) is 0 Å². The van der Waals surface area contributed by atoms with Gasteiger partial charge in [-0.25, -0.2) is 4.98 Å². The van der Waals surface area contributed by atoms with Crippen LogP contribution in [0, 0.1) is 17.2 Å². The first-order valence-corrected chi connectivity index (χ1v) is 9.08. The van der Waals surface area contributed by atoms with Gasteiger partial charge in [-0.05, 0) is 48.6 Å². The molecule has 132 valence electrons. The minimum Gasteiger partial charge on any atom is -0.396 e. The molecule has 4 rings (SSSR count). The molecule has 0 aliphatic carbocycles. The van der Waals surface area contributed by atoms with Crippen LogP contribution in [0.25, 0.3) is 11.0 Å². The summed E-state index contributed by atoms with van der Waals surface area (Å²) in [5, 5.41) is 18.6. The van der Waals surface area contributed by atoms with Crippen LogP contribution >= 0.6 is 0 Å². The molecular formula is C21H22N4O. The van der Waals surface area contributed by atoms with Gasteiger partial charge in [-0.2, -0.15) is 5.26 Å².